The molecule has 7 nitrogen and oxygen atoms in total. The maximum Gasteiger partial charge on any atom is 0.192 e. The van der Waals surface area contributed by atoms with Crippen molar-refractivity contribution < 1.29 is 9.47 Å². The van der Waals surface area contributed by atoms with Gasteiger partial charge in [-0.1, -0.05) is 48.2 Å². The highest BCUT2D eigenvalue weighted by atomic mass is 32.2. The zero-order valence-electron chi connectivity index (χ0n) is 18.1. The van der Waals surface area contributed by atoms with Crippen molar-refractivity contribution in [2.75, 3.05) is 11.9 Å². The second-order valence-corrected chi connectivity index (χ2v) is 9.28. The molecular weight excluding hydrogens is 454 g/mol. The molecule has 0 spiro atoms. The highest BCUT2D eigenvalue weighted by Crippen LogP contribution is 2.36. The van der Waals surface area contributed by atoms with Crippen LogP contribution in [0.15, 0.2) is 71.7 Å². The second-order valence-electron chi connectivity index (χ2n) is 7.48. The van der Waals surface area contributed by atoms with E-state index >= 15 is 0 Å². The van der Waals surface area contributed by atoms with Gasteiger partial charge in [0.1, 0.15) is 6.61 Å². The van der Waals surface area contributed by atoms with Crippen molar-refractivity contribution in [1.82, 2.24) is 19.7 Å². The fourth-order valence-electron chi connectivity index (χ4n) is 3.49. The summed E-state index contributed by atoms with van der Waals surface area (Å²) in [6.45, 7) is 6.94. The zero-order chi connectivity index (χ0) is 22.6. The third-order valence-corrected chi connectivity index (χ3v) is 6.95. The standard InChI is InChI=1S/C24H23N5O2S2/c1-3-12-29-22(21-13-30-19-10-6-7-11-20(19)31-21)27-28-24(29)33-15-17-14-32-23(25-17)26-18-9-5-4-8-16(18)2/h3-11,14,21H,1,12-13,15H2,2H3,(H,25,26). The number of hydrogen-bond donors (Lipinski definition) is 1. The number of para-hydroxylation sites is 3. The lowest BCUT2D eigenvalue weighted by Crippen LogP contribution is -2.25. The van der Waals surface area contributed by atoms with E-state index < -0.39 is 0 Å². The van der Waals surface area contributed by atoms with Crippen LogP contribution >= 0.6 is 23.1 Å². The van der Waals surface area contributed by atoms with E-state index in [1.165, 1.54) is 5.56 Å². The summed E-state index contributed by atoms with van der Waals surface area (Å²) in [5.74, 6) is 2.88. The van der Waals surface area contributed by atoms with Crippen LogP contribution in [0.25, 0.3) is 0 Å². The molecule has 1 aliphatic rings. The average Bonchev–Trinajstić information content (AvgIpc) is 3.46. The van der Waals surface area contributed by atoms with Crippen molar-refractivity contribution in [1.29, 1.82) is 0 Å². The Hall–Kier alpha value is -3.30. The molecule has 4 aromatic rings. The topological polar surface area (TPSA) is 74.1 Å². The molecule has 9 heteroatoms. The minimum atomic E-state index is -0.328. The number of benzene rings is 2. The first kappa shape index (κ1) is 21.5. The van der Waals surface area contributed by atoms with Gasteiger partial charge in [0, 0.05) is 23.4 Å². The normalized spacial score (nSPS) is 14.8. The fraction of sp³-hybridized carbons (Fsp3) is 0.208. The molecule has 1 N–H and O–H groups in total. The van der Waals surface area contributed by atoms with Gasteiger partial charge in [0.25, 0.3) is 0 Å². The van der Waals surface area contributed by atoms with Gasteiger partial charge in [-0.05, 0) is 30.7 Å². The number of rotatable bonds is 8. The molecule has 1 unspecified atom stereocenters. The molecule has 2 aromatic carbocycles. The molecule has 1 aliphatic heterocycles. The van der Waals surface area contributed by atoms with Gasteiger partial charge in [-0.3, -0.25) is 4.57 Å². The van der Waals surface area contributed by atoms with Crippen molar-refractivity contribution in [3.8, 4) is 11.5 Å². The first-order valence-corrected chi connectivity index (χ1v) is 12.4. The van der Waals surface area contributed by atoms with Gasteiger partial charge in [-0.15, -0.1) is 28.1 Å². The predicted molar refractivity (Wildman–Crippen MR) is 132 cm³/mol. The zero-order valence-corrected chi connectivity index (χ0v) is 19.7. The molecule has 0 amide bonds. The monoisotopic (exact) mass is 477 g/mol. The van der Waals surface area contributed by atoms with Crippen LogP contribution in [0.5, 0.6) is 11.5 Å². The van der Waals surface area contributed by atoms with Gasteiger partial charge in [0.2, 0.25) is 0 Å². The molecule has 1 atom stereocenters. The third-order valence-electron chi connectivity index (χ3n) is 5.14. The number of allylic oxidation sites excluding steroid dienone is 1. The Morgan fingerprint density at radius 2 is 2.00 bits per heavy atom. The summed E-state index contributed by atoms with van der Waals surface area (Å²) in [6, 6.07) is 15.8. The summed E-state index contributed by atoms with van der Waals surface area (Å²) < 4.78 is 14.0. The summed E-state index contributed by atoms with van der Waals surface area (Å²) in [7, 11) is 0. The number of hydrogen-bond acceptors (Lipinski definition) is 8. The molecule has 2 aromatic heterocycles. The van der Waals surface area contributed by atoms with E-state index in [-0.39, 0.29) is 6.10 Å². The summed E-state index contributed by atoms with van der Waals surface area (Å²) in [5.41, 5.74) is 3.24. The number of thioether (sulfide) groups is 1. The number of thiazole rings is 1. The first-order chi connectivity index (χ1) is 16.2. The number of ether oxygens (including phenoxy) is 2. The van der Waals surface area contributed by atoms with E-state index in [0.717, 1.165) is 33.2 Å². The number of nitrogens with zero attached hydrogens (tertiary/aromatic N) is 4. The number of anilines is 2. The minimum absolute atomic E-state index is 0.328. The van der Waals surface area contributed by atoms with Crippen molar-refractivity contribution >= 4 is 33.9 Å². The van der Waals surface area contributed by atoms with Gasteiger partial charge in [0.15, 0.2) is 33.7 Å². The number of aromatic nitrogens is 4. The summed E-state index contributed by atoms with van der Waals surface area (Å²) in [4.78, 5) is 4.72. The lowest BCUT2D eigenvalue weighted by atomic mass is 10.2. The van der Waals surface area contributed by atoms with Gasteiger partial charge >= 0.3 is 0 Å². The van der Waals surface area contributed by atoms with Crippen molar-refractivity contribution in [3.05, 3.63) is 83.6 Å². The van der Waals surface area contributed by atoms with Crippen LogP contribution in [0.2, 0.25) is 0 Å². The SMILES string of the molecule is C=CCn1c(SCc2csc(Nc3ccccc3C)n2)nnc1C1COc2ccccc2O1. The van der Waals surface area contributed by atoms with E-state index in [1.807, 2.05) is 47.0 Å². The molecule has 0 radical (unpaired) electrons. The molecular formula is C24H23N5O2S2. The molecule has 33 heavy (non-hydrogen) atoms. The Balaban J connectivity index is 1.28. The largest absolute Gasteiger partial charge is 0.485 e. The van der Waals surface area contributed by atoms with Crippen LogP contribution < -0.4 is 14.8 Å². The van der Waals surface area contributed by atoms with E-state index in [2.05, 4.69) is 46.5 Å². The summed E-state index contributed by atoms with van der Waals surface area (Å²) in [6.07, 6.45) is 1.51. The van der Waals surface area contributed by atoms with Crippen LogP contribution in [-0.2, 0) is 12.3 Å². The average molecular weight is 478 g/mol. The highest BCUT2D eigenvalue weighted by Gasteiger charge is 2.28. The van der Waals surface area contributed by atoms with Crippen molar-refractivity contribution in [2.24, 2.45) is 0 Å². The first-order valence-electron chi connectivity index (χ1n) is 10.5. The second kappa shape index (κ2) is 9.68. The van der Waals surface area contributed by atoms with Gasteiger partial charge < -0.3 is 14.8 Å². The Labute approximate surface area is 200 Å². The van der Waals surface area contributed by atoms with Crippen LogP contribution in [0.3, 0.4) is 0 Å². The smallest absolute Gasteiger partial charge is 0.192 e. The highest BCUT2D eigenvalue weighted by molar-refractivity contribution is 7.98. The molecule has 0 bridgehead atoms. The molecule has 168 valence electrons. The molecule has 3 heterocycles. The number of aryl methyl sites for hydroxylation is 1. The maximum absolute atomic E-state index is 6.14. The van der Waals surface area contributed by atoms with E-state index in [0.29, 0.717) is 24.7 Å². The Kier molecular flexibility index (Phi) is 6.32. The van der Waals surface area contributed by atoms with Crippen LogP contribution in [-0.4, -0.2) is 26.4 Å². The third kappa shape index (κ3) is 4.74. The van der Waals surface area contributed by atoms with E-state index in [4.69, 9.17) is 14.5 Å². The van der Waals surface area contributed by atoms with Crippen LogP contribution in [0.1, 0.15) is 23.2 Å². The van der Waals surface area contributed by atoms with Gasteiger partial charge in [-0.2, -0.15) is 0 Å². The van der Waals surface area contributed by atoms with E-state index in [1.54, 1.807) is 23.1 Å². The van der Waals surface area contributed by atoms with Crippen LogP contribution in [0, 0.1) is 6.92 Å². The summed E-state index contributed by atoms with van der Waals surface area (Å²) in [5, 5.41) is 16.0. The quantitative estimate of drug-likeness (QED) is 0.255. The lowest BCUT2D eigenvalue weighted by Gasteiger charge is -2.26. The Morgan fingerprint density at radius 1 is 1.18 bits per heavy atom. The van der Waals surface area contributed by atoms with E-state index in [9.17, 15) is 0 Å². The van der Waals surface area contributed by atoms with Crippen molar-refractivity contribution in [3.63, 3.8) is 0 Å². The lowest BCUT2D eigenvalue weighted by molar-refractivity contribution is 0.0821. The number of nitrogens with one attached hydrogen (secondary N) is 1. The molecule has 0 aliphatic carbocycles. The fourth-order valence-corrected chi connectivity index (χ4v) is 5.17. The molecule has 5 rings (SSSR count). The predicted octanol–water partition coefficient (Wildman–Crippen LogP) is 5.78. The Bertz CT molecular complexity index is 1270. The minimum Gasteiger partial charge on any atom is -0.485 e. The summed E-state index contributed by atoms with van der Waals surface area (Å²) >= 11 is 3.19. The number of fused-ring (bicyclic) bond motifs is 1. The van der Waals surface area contributed by atoms with Gasteiger partial charge in [-0.25, -0.2) is 4.98 Å². The maximum atomic E-state index is 6.14. The molecule has 0 saturated carbocycles. The van der Waals surface area contributed by atoms with Crippen molar-refractivity contribution in [2.45, 2.75) is 30.5 Å². The Morgan fingerprint density at radius 3 is 2.85 bits per heavy atom. The molecule has 0 fully saturated rings. The van der Waals surface area contributed by atoms with Gasteiger partial charge in [0.05, 0.1) is 5.69 Å². The van der Waals surface area contributed by atoms with Crippen LogP contribution in [0.4, 0.5) is 10.8 Å². The molecule has 0 saturated heterocycles.